The van der Waals surface area contributed by atoms with Crippen LogP contribution < -0.4 is 5.32 Å². The Morgan fingerprint density at radius 3 is 2.50 bits per heavy atom. The van der Waals surface area contributed by atoms with Crippen molar-refractivity contribution < 1.29 is 8.42 Å². The molecule has 0 spiro atoms. The van der Waals surface area contributed by atoms with Gasteiger partial charge in [-0.25, -0.2) is 8.42 Å². The first kappa shape index (κ1) is 11.5. The van der Waals surface area contributed by atoms with Crippen molar-refractivity contribution in [2.45, 2.75) is 4.90 Å². The maximum absolute atomic E-state index is 11.2. The van der Waals surface area contributed by atoms with E-state index in [4.69, 9.17) is 0 Å². The number of anilines is 1. The minimum Gasteiger partial charge on any atom is -0.335 e. The van der Waals surface area contributed by atoms with Crippen LogP contribution in [0.15, 0.2) is 34.2 Å². The smallest absolute Gasteiger partial charge is 0.175 e. The highest BCUT2D eigenvalue weighted by molar-refractivity contribution is 8.14. The second-order valence-electron chi connectivity index (χ2n) is 3.46. The largest absolute Gasteiger partial charge is 0.335 e. The molecule has 0 saturated heterocycles. The Morgan fingerprint density at radius 1 is 1.31 bits per heavy atom. The summed E-state index contributed by atoms with van der Waals surface area (Å²) in [7, 11) is -3.11. The van der Waals surface area contributed by atoms with Gasteiger partial charge < -0.3 is 5.32 Å². The first-order valence-corrected chi connectivity index (χ1v) is 7.68. The Morgan fingerprint density at radius 2 is 2.00 bits per heavy atom. The molecule has 0 aromatic heterocycles. The summed E-state index contributed by atoms with van der Waals surface area (Å²) in [6.07, 6.45) is 1.20. The summed E-state index contributed by atoms with van der Waals surface area (Å²) in [6.45, 7) is 0.842. The zero-order chi connectivity index (χ0) is 11.6. The van der Waals surface area contributed by atoms with Crippen LogP contribution in [-0.4, -0.2) is 32.1 Å². The van der Waals surface area contributed by atoms with Gasteiger partial charge in [0, 0.05) is 17.7 Å². The fourth-order valence-electron chi connectivity index (χ4n) is 1.32. The van der Waals surface area contributed by atoms with Gasteiger partial charge in [-0.2, -0.15) is 0 Å². The SMILES string of the molecule is CS(=O)(=O)c1ccc(NC2=NCCS2)cc1. The molecule has 4 nitrogen and oxygen atoms in total. The number of hydrogen-bond acceptors (Lipinski definition) is 5. The van der Waals surface area contributed by atoms with Gasteiger partial charge in [0.1, 0.15) is 0 Å². The molecule has 6 heteroatoms. The van der Waals surface area contributed by atoms with E-state index in [0.29, 0.717) is 4.90 Å². The molecule has 1 N–H and O–H groups in total. The maximum Gasteiger partial charge on any atom is 0.175 e. The normalized spacial score (nSPS) is 15.9. The first-order chi connectivity index (χ1) is 7.55. The molecule has 0 unspecified atom stereocenters. The van der Waals surface area contributed by atoms with E-state index in [1.54, 1.807) is 36.0 Å². The second-order valence-corrected chi connectivity index (χ2v) is 6.56. The molecule has 1 aliphatic rings. The Bertz CT molecular complexity index is 506. The molecule has 0 bridgehead atoms. The lowest BCUT2D eigenvalue weighted by Crippen LogP contribution is -2.05. The minimum atomic E-state index is -3.11. The number of hydrogen-bond donors (Lipinski definition) is 1. The third kappa shape index (κ3) is 2.76. The van der Waals surface area contributed by atoms with Crippen LogP contribution >= 0.6 is 11.8 Å². The molecule has 1 heterocycles. The van der Waals surface area contributed by atoms with Gasteiger partial charge in [0.25, 0.3) is 0 Å². The summed E-state index contributed by atoms with van der Waals surface area (Å²) in [5.74, 6) is 1.00. The molecular weight excluding hydrogens is 244 g/mol. The molecule has 1 aliphatic heterocycles. The van der Waals surface area contributed by atoms with Crippen molar-refractivity contribution in [3.8, 4) is 0 Å². The lowest BCUT2D eigenvalue weighted by atomic mass is 10.3. The van der Waals surface area contributed by atoms with Crippen molar-refractivity contribution in [1.82, 2.24) is 0 Å². The zero-order valence-corrected chi connectivity index (χ0v) is 10.4. The van der Waals surface area contributed by atoms with Crippen molar-refractivity contribution in [3.05, 3.63) is 24.3 Å². The fourth-order valence-corrected chi connectivity index (χ4v) is 2.70. The second kappa shape index (κ2) is 4.47. The van der Waals surface area contributed by atoms with Gasteiger partial charge >= 0.3 is 0 Å². The summed E-state index contributed by atoms with van der Waals surface area (Å²) in [6, 6.07) is 6.69. The van der Waals surface area contributed by atoms with Crippen LogP contribution in [-0.2, 0) is 9.84 Å². The molecule has 1 aromatic carbocycles. The van der Waals surface area contributed by atoms with Crippen LogP contribution in [0.4, 0.5) is 5.69 Å². The van der Waals surface area contributed by atoms with Gasteiger partial charge in [0.05, 0.1) is 11.4 Å². The third-order valence-electron chi connectivity index (χ3n) is 2.12. The van der Waals surface area contributed by atoms with Crippen molar-refractivity contribution in [2.75, 3.05) is 23.9 Å². The van der Waals surface area contributed by atoms with Gasteiger partial charge in [-0.15, -0.1) is 0 Å². The number of sulfone groups is 1. The lowest BCUT2D eigenvalue weighted by Gasteiger charge is -2.05. The standard InChI is InChI=1S/C10H12N2O2S2/c1-16(13,14)9-4-2-8(3-5-9)12-10-11-6-7-15-10/h2-5H,6-7H2,1H3,(H,11,12). The Kier molecular flexibility index (Phi) is 3.20. The number of thioether (sulfide) groups is 1. The van der Waals surface area contributed by atoms with Gasteiger partial charge in [-0.3, -0.25) is 4.99 Å². The third-order valence-corrected chi connectivity index (χ3v) is 4.14. The molecule has 86 valence electrons. The van der Waals surface area contributed by atoms with E-state index in [2.05, 4.69) is 10.3 Å². The van der Waals surface area contributed by atoms with E-state index in [1.807, 2.05) is 0 Å². The van der Waals surface area contributed by atoms with E-state index in [9.17, 15) is 8.42 Å². The van der Waals surface area contributed by atoms with Crippen LogP contribution in [0.3, 0.4) is 0 Å². The molecule has 1 aromatic rings. The van der Waals surface area contributed by atoms with Gasteiger partial charge in [0.2, 0.25) is 0 Å². The van der Waals surface area contributed by atoms with Crippen LogP contribution in [0.25, 0.3) is 0 Å². The topological polar surface area (TPSA) is 58.5 Å². The van der Waals surface area contributed by atoms with Gasteiger partial charge in [-0.05, 0) is 24.3 Å². The summed E-state index contributed by atoms with van der Waals surface area (Å²) < 4.78 is 22.5. The number of nitrogens with one attached hydrogen (secondary N) is 1. The number of rotatable bonds is 2. The van der Waals surface area contributed by atoms with E-state index in [1.165, 1.54) is 6.26 Å². The van der Waals surface area contributed by atoms with Crippen LogP contribution in [0.2, 0.25) is 0 Å². The monoisotopic (exact) mass is 256 g/mol. The molecule has 0 fully saturated rings. The highest BCUT2D eigenvalue weighted by Gasteiger charge is 2.09. The molecule has 0 amide bonds. The maximum atomic E-state index is 11.2. The molecular formula is C10H12N2O2S2. The number of nitrogens with zero attached hydrogens (tertiary/aromatic N) is 1. The molecule has 0 atom stereocenters. The lowest BCUT2D eigenvalue weighted by molar-refractivity contribution is 0.602. The Balaban J connectivity index is 2.13. The van der Waals surface area contributed by atoms with E-state index >= 15 is 0 Å². The minimum absolute atomic E-state index is 0.332. The number of amidine groups is 1. The van der Waals surface area contributed by atoms with Gasteiger partial charge in [0.15, 0.2) is 15.0 Å². The van der Waals surface area contributed by atoms with E-state index in [0.717, 1.165) is 23.2 Å². The molecule has 0 aliphatic carbocycles. The van der Waals surface area contributed by atoms with Crippen LogP contribution in [0.1, 0.15) is 0 Å². The number of benzene rings is 1. The van der Waals surface area contributed by atoms with Crippen molar-refractivity contribution >= 4 is 32.5 Å². The Labute approximate surface area is 99.1 Å². The molecule has 2 rings (SSSR count). The average molecular weight is 256 g/mol. The van der Waals surface area contributed by atoms with Crippen LogP contribution in [0, 0.1) is 0 Å². The van der Waals surface area contributed by atoms with E-state index < -0.39 is 9.84 Å². The van der Waals surface area contributed by atoms with Crippen molar-refractivity contribution in [1.29, 1.82) is 0 Å². The van der Waals surface area contributed by atoms with E-state index in [-0.39, 0.29) is 0 Å². The van der Waals surface area contributed by atoms with Crippen molar-refractivity contribution in [3.63, 3.8) is 0 Å². The number of aliphatic imine (C=N–C) groups is 1. The predicted octanol–water partition coefficient (Wildman–Crippen LogP) is 1.60. The summed E-state index contributed by atoms with van der Waals surface area (Å²) >= 11 is 1.67. The molecule has 16 heavy (non-hydrogen) atoms. The highest BCUT2D eigenvalue weighted by atomic mass is 32.2. The first-order valence-electron chi connectivity index (χ1n) is 4.80. The molecule has 0 saturated carbocycles. The summed E-state index contributed by atoms with van der Waals surface area (Å²) in [5.41, 5.74) is 0.862. The molecule has 0 radical (unpaired) electrons. The predicted molar refractivity (Wildman–Crippen MR) is 67.9 cm³/mol. The quantitative estimate of drug-likeness (QED) is 0.873. The van der Waals surface area contributed by atoms with Gasteiger partial charge in [-0.1, -0.05) is 11.8 Å². The fraction of sp³-hybridized carbons (Fsp3) is 0.300. The average Bonchev–Trinajstić information content (AvgIpc) is 2.70. The van der Waals surface area contributed by atoms with Crippen molar-refractivity contribution in [2.24, 2.45) is 4.99 Å². The zero-order valence-electron chi connectivity index (χ0n) is 8.80. The summed E-state index contributed by atoms with van der Waals surface area (Å²) in [4.78, 5) is 4.58. The highest BCUT2D eigenvalue weighted by Crippen LogP contribution is 2.18. The Hall–Kier alpha value is -1.01. The van der Waals surface area contributed by atoms with Crippen LogP contribution in [0.5, 0.6) is 0 Å². The summed E-state index contributed by atoms with van der Waals surface area (Å²) in [5, 5.41) is 4.03.